The zero-order valence-corrected chi connectivity index (χ0v) is 8.04. The minimum absolute atomic E-state index is 0.0513. The maximum Gasteiger partial charge on any atom is 0.259 e. The summed E-state index contributed by atoms with van der Waals surface area (Å²) < 4.78 is 0. The SMILES string of the molecule is CC1C(=O)N=C(C2CCCN2)NC1=O. The fourth-order valence-corrected chi connectivity index (χ4v) is 1.67. The number of hydrogen-bond acceptors (Lipinski definition) is 3. The summed E-state index contributed by atoms with van der Waals surface area (Å²) in [6, 6.07) is 0.0513. The van der Waals surface area contributed by atoms with Gasteiger partial charge in [-0.05, 0) is 26.3 Å². The van der Waals surface area contributed by atoms with Crippen molar-refractivity contribution in [3.63, 3.8) is 0 Å². The molecule has 0 aromatic carbocycles. The molecular weight excluding hydrogens is 182 g/mol. The van der Waals surface area contributed by atoms with Crippen LogP contribution in [0.2, 0.25) is 0 Å². The summed E-state index contributed by atoms with van der Waals surface area (Å²) in [7, 11) is 0. The van der Waals surface area contributed by atoms with Gasteiger partial charge >= 0.3 is 0 Å². The molecule has 0 radical (unpaired) electrons. The van der Waals surface area contributed by atoms with E-state index in [0.717, 1.165) is 19.4 Å². The van der Waals surface area contributed by atoms with E-state index in [1.807, 2.05) is 0 Å². The van der Waals surface area contributed by atoms with Crippen LogP contribution in [0.25, 0.3) is 0 Å². The van der Waals surface area contributed by atoms with Gasteiger partial charge in [-0.25, -0.2) is 0 Å². The van der Waals surface area contributed by atoms with E-state index in [1.54, 1.807) is 6.92 Å². The summed E-state index contributed by atoms with van der Waals surface area (Å²) in [6.45, 7) is 2.49. The fourth-order valence-electron chi connectivity index (χ4n) is 1.67. The van der Waals surface area contributed by atoms with Crippen LogP contribution in [-0.2, 0) is 9.59 Å². The first-order valence-electron chi connectivity index (χ1n) is 4.85. The molecule has 0 bridgehead atoms. The number of nitrogens with one attached hydrogen (secondary N) is 2. The van der Waals surface area contributed by atoms with Crippen LogP contribution in [0.1, 0.15) is 19.8 Å². The van der Waals surface area contributed by atoms with Gasteiger partial charge in [0, 0.05) is 0 Å². The largest absolute Gasteiger partial charge is 0.312 e. The predicted octanol–water partition coefficient (Wildman–Crippen LogP) is -0.571. The highest BCUT2D eigenvalue weighted by Gasteiger charge is 2.31. The number of amides is 2. The van der Waals surface area contributed by atoms with E-state index in [4.69, 9.17) is 0 Å². The lowest BCUT2D eigenvalue weighted by molar-refractivity contribution is -0.132. The van der Waals surface area contributed by atoms with Crippen molar-refractivity contribution in [1.29, 1.82) is 0 Å². The van der Waals surface area contributed by atoms with Crippen molar-refractivity contribution >= 4 is 17.6 Å². The second kappa shape index (κ2) is 3.49. The lowest BCUT2D eigenvalue weighted by atomic mass is 10.1. The van der Waals surface area contributed by atoms with Crippen LogP contribution in [0.5, 0.6) is 0 Å². The third kappa shape index (κ3) is 1.55. The number of rotatable bonds is 1. The minimum atomic E-state index is -0.639. The van der Waals surface area contributed by atoms with Gasteiger partial charge in [-0.2, -0.15) is 4.99 Å². The maximum absolute atomic E-state index is 11.3. The Kier molecular flexibility index (Phi) is 2.33. The Morgan fingerprint density at radius 1 is 1.43 bits per heavy atom. The third-order valence-electron chi connectivity index (χ3n) is 2.64. The molecule has 0 spiro atoms. The molecule has 76 valence electrons. The van der Waals surface area contributed by atoms with Gasteiger partial charge in [0.15, 0.2) is 0 Å². The van der Waals surface area contributed by atoms with Gasteiger partial charge in [0.25, 0.3) is 5.91 Å². The average Bonchev–Trinajstić information content (AvgIpc) is 2.66. The molecule has 14 heavy (non-hydrogen) atoms. The van der Waals surface area contributed by atoms with Gasteiger partial charge in [0.1, 0.15) is 11.8 Å². The topological polar surface area (TPSA) is 70.6 Å². The summed E-state index contributed by atoms with van der Waals surface area (Å²) >= 11 is 0. The van der Waals surface area contributed by atoms with Crippen molar-refractivity contribution < 1.29 is 9.59 Å². The number of nitrogens with zero attached hydrogens (tertiary/aromatic N) is 1. The average molecular weight is 195 g/mol. The molecule has 0 aromatic rings. The van der Waals surface area contributed by atoms with E-state index in [2.05, 4.69) is 15.6 Å². The molecule has 2 rings (SSSR count). The van der Waals surface area contributed by atoms with E-state index >= 15 is 0 Å². The molecular formula is C9H13N3O2. The van der Waals surface area contributed by atoms with Gasteiger partial charge in [-0.1, -0.05) is 0 Å². The summed E-state index contributed by atoms with van der Waals surface area (Å²) in [5.41, 5.74) is 0. The quantitative estimate of drug-likeness (QED) is 0.550. The molecule has 2 atom stereocenters. The molecule has 2 amide bonds. The second-order valence-corrected chi connectivity index (χ2v) is 3.70. The Hall–Kier alpha value is -1.23. The molecule has 1 fully saturated rings. The van der Waals surface area contributed by atoms with Crippen molar-refractivity contribution in [2.45, 2.75) is 25.8 Å². The maximum atomic E-state index is 11.3. The molecule has 2 heterocycles. The Morgan fingerprint density at radius 2 is 2.21 bits per heavy atom. The highest BCUT2D eigenvalue weighted by Crippen LogP contribution is 2.11. The van der Waals surface area contributed by atoms with E-state index < -0.39 is 5.92 Å². The van der Waals surface area contributed by atoms with Gasteiger partial charge in [0.05, 0.1) is 6.04 Å². The Balaban J connectivity index is 2.16. The standard InChI is InChI=1S/C9H13N3O2/c1-5-8(13)11-7(12-9(5)14)6-3-2-4-10-6/h5-6,10H,2-4H2,1H3,(H,11,12,13,14). The first-order chi connectivity index (χ1) is 6.68. The molecule has 5 nitrogen and oxygen atoms in total. The van der Waals surface area contributed by atoms with Gasteiger partial charge in [-0.3, -0.25) is 9.59 Å². The van der Waals surface area contributed by atoms with Crippen LogP contribution in [0.3, 0.4) is 0 Å². The van der Waals surface area contributed by atoms with Crippen LogP contribution < -0.4 is 10.6 Å². The van der Waals surface area contributed by atoms with Crippen molar-refractivity contribution in [2.24, 2.45) is 10.9 Å². The summed E-state index contributed by atoms with van der Waals surface area (Å²) in [5.74, 6) is -0.720. The third-order valence-corrected chi connectivity index (χ3v) is 2.64. The number of carbonyl (C=O) groups is 2. The summed E-state index contributed by atoms with van der Waals surface area (Å²) in [5, 5.41) is 5.85. The number of aliphatic imine (C=N–C) groups is 1. The summed E-state index contributed by atoms with van der Waals surface area (Å²) in [4.78, 5) is 26.5. The molecule has 2 aliphatic heterocycles. The number of amidine groups is 1. The highest BCUT2D eigenvalue weighted by molar-refractivity contribution is 6.16. The van der Waals surface area contributed by atoms with E-state index in [9.17, 15) is 9.59 Å². The van der Waals surface area contributed by atoms with E-state index in [1.165, 1.54) is 0 Å². The van der Waals surface area contributed by atoms with Crippen molar-refractivity contribution in [2.75, 3.05) is 6.54 Å². The lowest BCUT2D eigenvalue weighted by Gasteiger charge is -2.20. The van der Waals surface area contributed by atoms with E-state index in [0.29, 0.717) is 5.84 Å². The molecule has 0 saturated carbocycles. The van der Waals surface area contributed by atoms with Crippen LogP contribution in [-0.4, -0.2) is 30.2 Å². The zero-order valence-electron chi connectivity index (χ0n) is 8.04. The molecule has 1 saturated heterocycles. The molecule has 2 aliphatic rings. The molecule has 2 unspecified atom stereocenters. The van der Waals surface area contributed by atoms with Crippen LogP contribution in [0.15, 0.2) is 4.99 Å². The fraction of sp³-hybridized carbons (Fsp3) is 0.667. The van der Waals surface area contributed by atoms with Crippen molar-refractivity contribution in [3.05, 3.63) is 0 Å². The highest BCUT2D eigenvalue weighted by atomic mass is 16.2. The Morgan fingerprint density at radius 3 is 2.79 bits per heavy atom. The predicted molar refractivity (Wildman–Crippen MR) is 50.8 cm³/mol. The second-order valence-electron chi connectivity index (χ2n) is 3.70. The summed E-state index contributed by atoms with van der Waals surface area (Å²) in [6.07, 6.45) is 1.99. The Labute approximate surface area is 82.0 Å². The van der Waals surface area contributed by atoms with Crippen LogP contribution >= 0.6 is 0 Å². The van der Waals surface area contributed by atoms with Gasteiger partial charge in [0.2, 0.25) is 5.91 Å². The first kappa shape index (κ1) is 9.33. The normalized spacial score (nSPS) is 32.8. The van der Waals surface area contributed by atoms with Crippen molar-refractivity contribution in [1.82, 2.24) is 10.6 Å². The van der Waals surface area contributed by atoms with Gasteiger partial charge in [-0.15, -0.1) is 0 Å². The molecule has 0 aromatic heterocycles. The molecule has 2 N–H and O–H groups in total. The number of hydrogen-bond donors (Lipinski definition) is 2. The zero-order chi connectivity index (χ0) is 10.1. The number of carbonyl (C=O) groups excluding carboxylic acids is 2. The van der Waals surface area contributed by atoms with Gasteiger partial charge < -0.3 is 10.6 Å². The lowest BCUT2D eigenvalue weighted by Crippen LogP contribution is -2.50. The molecule has 5 heteroatoms. The van der Waals surface area contributed by atoms with Crippen molar-refractivity contribution in [3.8, 4) is 0 Å². The van der Waals surface area contributed by atoms with E-state index in [-0.39, 0.29) is 17.9 Å². The van der Waals surface area contributed by atoms with Crippen LogP contribution in [0.4, 0.5) is 0 Å². The minimum Gasteiger partial charge on any atom is -0.312 e. The smallest absolute Gasteiger partial charge is 0.259 e. The van der Waals surface area contributed by atoms with Crippen LogP contribution in [0, 0.1) is 5.92 Å². The molecule has 0 aliphatic carbocycles. The monoisotopic (exact) mass is 195 g/mol. The first-order valence-corrected chi connectivity index (χ1v) is 4.85. The Bertz CT molecular complexity index is 305.